The van der Waals surface area contributed by atoms with Crippen molar-refractivity contribution in [1.29, 1.82) is 0 Å². The summed E-state index contributed by atoms with van der Waals surface area (Å²) in [6.45, 7) is 9.44. The van der Waals surface area contributed by atoms with Crippen molar-refractivity contribution < 1.29 is 9.53 Å². The largest absolute Gasteiger partial charge is 0.462 e. The van der Waals surface area contributed by atoms with Crippen LogP contribution in [-0.2, 0) is 9.53 Å². The van der Waals surface area contributed by atoms with E-state index in [-0.39, 0.29) is 29.4 Å². The molecule has 4 nitrogen and oxygen atoms in total. The van der Waals surface area contributed by atoms with Crippen molar-refractivity contribution in [3.63, 3.8) is 0 Å². The highest BCUT2D eigenvalue weighted by atomic mass is 35.5. The number of halogens is 1. The molecule has 6 rings (SSSR count). The number of allylic oxidation sites excluding steroid dienone is 2. The average Bonchev–Trinajstić information content (AvgIpc) is 3.19. The normalized spacial score (nSPS) is 31.5. The number of ether oxygens (including phenoxy) is 1. The van der Waals surface area contributed by atoms with Crippen LogP contribution in [0.1, 0.15) is 63.1 Å². The van der Waals surface area contributed by atoms with Crippen LogP contribution in [0.15, 0.2) is 65.7 Å². The van der Waals surface area contributed by atoms with Crippen LogP contribution in [-0.4, -0.2) is 54.6 Å². The third kappa shape index (κ3) is 4.89. The molecule has 5 unspecified atom stereocenters. The lowest BCUT2D eigenvalue weighted by atomic mass is 9.59. The van der Waals surface area contributed by atoms with Crippen LogP contribution >= 0.6 is 11.6 Å². The lowest BCUT2D eigenvalue weighted by Crippen LogP contribution is -2.50. The van der Waals surface area contributed by atoms with Gasteiger partial charge in [0.2, 0.25) is 0 Å². The van der Waals surface area contributed by atoms with Crippen molar-refractivity contribution in [3.8, 4) is 0 Å². The SMILES string of the molecule is CC1=C2CC3C(CC2(C)CCC1)OC(=O)C3CN1CCN(C(c2ccccc2)c2ccc(Cl)cc2)CC1. The molecular formula is C32H39ClN2O2. The van der Waals surface area contributed by atoms with E-state index in [1.165, 1.54) is 30.4 Å². The molecule has 2 saturated heterocycles. The second-order valence-corrected chi connectivity index (χ2v) is 12.5. The third-order valence-electron chi connectivity index (χ3n) is 9.71. The molecule has 0 spiro atoms. The van der Waals surface area contributed by atoms with Crippen molar-refractivity contribution in [2.45, 2.75) is 58.1 Å². The van der Waals surface area contributed by atoms with E-state index in [4.69, 9.17) is 16.3 Å². The van der Waals surface area contributed by atoms with Crippen molar-refractivity contribution >= 4 is 17.6 Å². The number of esters is 1. The van der Waals surface area contributed by atoms with Gasteiger partial charge >= 0.3 is 5.97 Å². The van der Waals surface area contributed by atoms with E-state index in [1.54, 1.807) is 11.1 Å². The fourth-order valence-electron chi connectivity index (χ4n) is 7.70. The van der Waals surface area contributed by atoms with Crippen molar-refractivity contribution in [3.05, 3.63) is 81.9 Å². The van der Waals surface area contributed by atoms with Gasteiger partial charge < -0.3 is 4.74 Å². The van der Waals surface area contributed by atoms with Crippen molar-refractivity contribution in [2.24, 2.45) is 17.3 Å². The number of nitrogens with zero attached hydrogens (tertiary/aromatic N) is 2. The van der Waals surface area contributed by atoms with Crippen LogP contribution in [0.25, 0.3) is 0 Å². The summed E-state index contributed by atoms with van der Waals surface area (Å²) in [7, 11) is 0. The Morgan fingerprint density at radius 1 is 1.03 bits per heavy atom. The van der Waals surface area contributed by atoms with Gasteiger partial charge in [0.25, 0.3) is 0 Å². The molecule has 0 radical (unpaired) electrons. The van der Waals surface area contributed by atoms with E-state index < -0.39 is 0 Å². The van der Waals surface area contributed by atoms with Gasteiger partial charge in [0.15, 0.2) is 0 Å². The van der Waals surface area contributed by atoms with E-state index in [9.17, 15) is 4.79 Å². The summed E-state index contributed by atoms with van der Waals surface area (Å²) < 4.78 is 6.04. The molecule has 0 N–H and O–H groups in total. The number of rotatable bonds is 5. The van der Waals surface area contributed by atoms with Gasteiger partial charge in [-0.05, 0) is 67.7 Å². The van der Waals surface area contributed by atoms with Crippen molar-refractivity contribution in [2.75, 3.05) is 32.7 Å². The lowest BCUT2D eigenvalue weighted by Gasteiger charge is -2.46. The second kappa shape index (κ2) is 10.2. The molecule has 37 heavy (non-hydrogen) atoms. The molecule has 3 fully saturated rings. The number of hydrogen-bond donors (Lipinski definition) is 0. The summed E-state index contributed by atoms with van der Waals surface area (Å²) in [5, 5.41) is 0.768. The molecule has 4 aliphatic rings. The smallest absolute Gasteiger partial charge is 0.310 e. The molecule has 2 aliphatic heterocycles. The quantitative estimate of drug-likeness (QED) is 0.334. The van der Waals surface area contributed by atoms with Gasteiger partial charge in [-0.15, -0.1) is 0 Å². The molecule has 5 atom stereocenters. The van der Waals surface area contributed by atoms with Gasteiger partial charge in [-0.25, -0.2) is 0 Å². The summed E-state index contributed by atoms with van der Waals surface area (Å²) >= 11 is 6.20. The van der Waals surface area contributed by atoms with Crippen LogP contribution < -0.4 is 0 Å². The molecule has 196 valence electrons. The molecule has 1 saturated carbocycles. The van der Waals surface area contributed by atoms with Crippen LogP contribution in [0.2, 0.25) is 5.02 Å². The van der Waals surface area contributed by atoms with Crippen LogP contribution in [0.5, 0.6) is 0 Å². The summed E-state index contributed by atoms with van der Waals surface area (Å²) in [4.78, 5) is 18.2. The highest BCUT2D eigenvalue weighted by molar-refractivity contribution is 6.30. The highest BCUT2D eigenvalue weighted by Gasteiger charge is 2.53. The molecule has 2 aromatic rings. The van der Waals surface area contributed by atoms with Crippen LogP contribution in [0, 0.1) is 17.3 Å². The number of benzene rings is 2. The standard InChI is InChI=1S/C32H39ClN2O2/c1-22-7-6-14-32(2)20-29-26(19-28(22)32)27(31(36)37-29)21-34-15-17-35(18-16-34)30(23-8-4-3-5-9-23)24-10-12-25(33)13-11-24/h3-5,8-13,26-27,29-30H,6-7,14-21H2,1-2H3. The van der Waals surface area contributed by atoms with E-state index in [2.05, 4.69) is 66.1 Å². The minimum Gasteiger partial charge on any atom is -0.462 e. The number of piperazine rings is 1. The molecule has 2 aliphatic carbocycles. The highest BCUT2D eigenvalue weighted by Crippen LogP contribution is 2.55. The Labute approximate surface area is 226 Å². The van der Waals surface area contributed by atoms with E-state index in [0.717, 1.165) is 50.6 Å². The molecule has 2 heterocycles. The minimum absolute atomic E-state index is 0.00418. The Morgan fingerprint density at radius 3 is 2.46 bits per heavy atom. The van der Waals surface area contributed by atoms with Gasteiger partial charge in [-0.2, -0.15) is 0 Å². The maximum atomic E-state index is 13.1. The predicted octanol–water partition coefficient (Wildman–Crippen LogP) is 6.51. The Hall–Kier alpha value is -2.14. The Kier molecular flexibility index (Phi) is 6.94. The first-order valence-corrected chi connectivity index (χ1v) is 14.5. The zero-order valence-electron chi connectivity index (χ0n) is 22.2. The predicted molar refractivity (Wildman–Crippen MR) is 149 cm³/mol. The van der Waals surface area contributed by atoms with Gasteiger partial charge in [0, 0.05) is 43.7 Å². The Morgan fingerprint density at radius 2 is 1.73 bits per heavy atom. The van der Waals surface area contributed by atoms with Gasteiger partial charge in [0.05, 0.1) is 12.0 Å². The fourth-order valence-corrected chi connectivity index (χ4v) is 7.82. The van der Waals surface area contributed by atoms with Gasteiger partial charge in [0.1, 0.15) is 6.10 Å². The van der Waals surface area contributed by atoms with Crippen LogP contribution in [0.4, 0.5) is 0 Å². The third-order valence-corrected chi connectivity index (χ3v) is 9.96. The average molecular weight is 519 g/mol. The second-order valence-electron chi connectivity index (χ2n) is 12.0. The van der Waals surface area contributed by atoms with Gasteiger partial charge in [-0.3, -0.25) is 14.6 Å². The van der Waals surface area contributed by atoms with Crippen LogP contribution in [0.3, 0.4) is 0 Å². The number of hydrogen-bond acceptors (Lipinski definition) is 4. The maximum Gasteiger partial charge on any atom is 0.310 e. The Balaban J connectivity index is 1.14. The van der Waals surface area contributed by atoms with E-state index in [1.807, 2.05) is 12.1 Å². The first kappa shape index (κ1) is 25.2. The lowest BCUT2D eigenvalue weighted by molar-refractivity contribution is -0.145. The molecular weight excluding hydrogens is 480 g/mol. The summed E-state index contributed by atoms with van der Waals surface area (Å²) in [5.74, 6) is 0.388. The summed E-state index contributed by atoms with van der Waals surface area (Å²) in [6, 6.07) is 19.3. The number of carbonyl (C=O) groups excluding carboxylic acids is 1. The zero-order chi connectivity index (χ0) is 25.6. The monoisotopic (exact) mass is 518 g/mol. The Bertz CT molecular complexity index is 1160. The molecule has 0 bridgehead atoms. The first-order chi connectivity index (χ1) is 17.9. The van der Waals surface area contributed by atoms with E-state index >= 15 is 0 Å². The van der Waals surface area contributed by atoms with E-state index in [0.29, 0.717) is 5.92 Å². The summed E-state index contributed by atoms with van der Waals surface area (Å²) in [5.41, 5.74) is 6.03. The zero-order valence-corrected chi connectivity index (χ0v) is 22.9. The molecule has 0 aromatic heterocycles. The van der Waals surface area contributed by atoms with Crippen molar-refractivity contribution in [1.82, 2.24) is 9.80 Å². The number of fused-ring (bicyclic) bond motifs is 2. The molecule has 0 amide bonds. The molecule has 5 heteroatoms. The fraction of sp³-hybridized carbons (Fsp3) is 0.531. The topological polar surface area (TPSA) is 32.8 Å². The first-order valence-electron chi connectivity index (χ1n) is 14.1. The minimum atomic E-state index is 0.00418. The summed E-state index contributed by atoms with van der Waals surface area (Å²) in [6.07, 6.45) is 5.90. The maximum absolute atomic E-state index is 13.1. The molecule has 2 aromatic carbocycles. The number of carbonyl (C=O) groups is 1. The van der Waals surface area contributed by atoms with Gasteiger partial charge in [-0.1, -0.05) is 72.1 Å².